The minimum Gasteiger partial charge on any atom is -0.367 e. The Kier molecular flexibility index (Phi) is 2.53. The normalized spacial score (nSPS) is 39.3. The first-order valence-electron chi connectivity index (χ1n) is 6.81. The molecule has 1 aromatic rings. The number of hydrogen-bond donors (Lipinski definition) is 0. The minimum absolute atomic E-state index is 0.0187. The number of ether oxygens (including phenoxy) is 3. The monoisotopic (exact) mass is 280 g/mol. The Morgan fingerprint density at radius 3 is 2.74 bits per heavy atom. The van der Waals surface area contributed by atoms with Crippen molar-refractivity contribution in [2.75, 3.05) is 6.61 Å². The fourth-order valence-electron chi connectivity index (χ4n) is 2.76. The van der Waals surface area contributed by atoms with Gasteiger partial charge in [-0.3, -0.25) is 0 Å². The fraction of sp³-hybridized carbons (Fsp3) is 0.600. The van der Waals surface area contributed by atoms with E-state index in [0.717, 1.165) is 31.4 Å². The van der Waals surface area contributed by atoms with E-state index in [1.54, 1.807) is 0 Å². The van der Waals surface area contributed by atoms with Crippen molar-refractivity contribution in [3.63, 3.8) is 0 Å². The van der Waals surface area contributed by atoms with Crippen LogP contribution in [0.25, 0.3) is 0 Å². The van der Waals surface area contributed by atoms with Gasteiger partial charge in [0.1, 0.15) is 5.60 Å². The molecule has 3 nitrogen and oxygen atoms in total. The van der Waals surface area contributed by atoms with Crippen LogP contribution in [0.2, 0.25) is 5.02 Å². The third kappa shape index (κ3) is 2.19. The molecule has 1 aromatic carbocycles. The van der Waals surface area contributed by atoms with Gasteiger partial charge in [-0.2, -0.15) is 0 Å². The van der Waals surface area contributed by atoms with Gasteiger partial charge in [0.15, 0.2) is 6.29 Å². The summed E-state index contributed by atoms with van der Waals surface area (Å²) >= 11 is 6.05. The van der Waals surface area contributed by atoms with Gasteiger partial charge in [-0.05, 0) is 31.9 Å². The average Bonchev–Trinajstić information content (AvgIpc) is 3.30. The van der Waals surface area contributed by atoms with Gasteiger partial charge in [0, 0.05) is 17.0 Å². The van der Waals surface area contributed by atoms with E-state index >= 15 is 0 Å². The van der Waals surface area contributed by atoms with Gasteiger partial charge in [-0.15, -0.1) is 0 Å². The molecule has 1 saturated carbocycles. The van der Waals surface area contributed by atoms with E-state index in [2.05, 4.69) is 6.92 Å². The zero-order valence-corrected chi connectivity index (χ0v) is 11.7. The highest BCUT2D eigenvalue weighted by atomic mass is 35.5. The maximum absolute atomic E-state index is 6.14. The van der Waals surface area contributed by atoms with Crippen molar-refractivity contribution < 1.29 is 14.2 Å². The van der Waals surface area contributed by atoms with Gasteiger partial charge < -0.3 is 14.2 Å². The molecule has 2 heterocycles. The first-order chi connectivity index (χ1) is 9.09. The summed E-state index contributed by atoms with van der Waals surface area (Å²) in [4.78, 5) is 0. The molecule has 4 heteroatoms. The molecule has 0 radical (unpaired) electrons. The molecule has 3 aliphatic rings. The standard InChI is InChI=1S/C15H17ClO3/c1-14(9-17-14)12-8-15(5-6-15)19-13(18-12)10-3-2-4-11(16)7-10/h2-4,7,12-13H,5-6,8-9H2,1H3. The summed E-state index contributed by atoms with van der Waals surface area (Å²) < 4.78 is 17.8. The predicted molar refractivity (Wildman–Crippen MR) is 71.1 cm³/mol. The number of epoxide rings is 1. The van der Waals surface area contributed by atoms with E-state index in [1.807, 2.05) is 24.3 Å². The van der Waals surface area contributed by atoms with Gasteiger partial charge in [-0.25, -0.2) is 0 Å². The van der Waals surface area contributed by atoms with Gasteiger partial charge in [0.2, 0.25) is 0 Å². The summed E-state index contributed by atoms with van der Waals surface area (Å²) in [7, 11) is 0. The molecule has 0 aromatic heterocycles. The molecule has 19 heavy (non-hydrogen) atoms. The summed E-state index contributed by atoms with van der Waals surface area (Å²) in [6.07, 6.45) is 2.99. The lowest BCUT2D eigenvalue weighted by atomic mass is 9.97. The summed E-state index contributed by atoms with van der Waals surface area (Å²) in [5.41, 5.74) is 0.897. The van der Waals surface area contributed by atoms with E-state index in [4.69, 9.17) is 25.8 Å². The first-order valence-corrected chi connectivity index (χ1v) is 7.19. The van der Waals surface area contributed by atoms with Crippen LogP contribution in [0.1, 0.15) is 38.0 Å². The highest BCUT2D eigenvalue weighted by Gasteiger charge is 2.59. The molecule has 2 aliphatic heterocycles. The largest absolute Gasteiger partial charge is 0.367 e. The summed E-state index contributed by atoms with van der Waals surface area (Å²) in [5.74, 6) is 0. The Labute approximate surface area is 117 Å². The average molecular weight is 281 g/mol. The third-order valence-electron chi connectivity index (χ3n) is 4.41. The molecule has 1 aliphatic carbocycles. The Bertz CT molecular complexity index is 508. The number of benzene rings is 1. The van der Waals surface area contributed by atoms with E-state index in [9.17, 15) is 0 Å². The van der Waals surface area contributed by atoms with Crippen LogP contribution < -0.4 is 0 Å². The second kappa shape index (κ2) is 3.95. The van der Waals surface area contributed by atoms with Crippen molar-refractivity contribution >= 4 is 11.6 Å². The number of halogens is 1. The van der Waals surface area contributed by atoms with E-state index < -0.39 is 0 Å². The Hall–Kier alpha value is -0.610. The molecule has 1 spiro atoms. The SMILES string of the molecule is CC1(C2CC3(CC3)OC(c3cccc(Cl)c3)O2)CO1. The van der Waals surface area contributed by atoms with Gasteiger partial charge in [-0.1, -0.05) is 23.7 Å². The second-order valence-electron chi connectivity index (χ2n) is 6.12. The summed E-state index contributed by atoms with van der Waals surface area (Å²) in [5, 5.41) is 0.713. The van der Waals surface area contributed by atoms with Crippen molar-refractivity contribution in [1.29, 1.82) is 0 Å². The lowest BCUT2D eigenvalue weighted by Crippen LogP contribution is -2.42. The topological polar surface area (TPSA) is 31.0 Å². The Morgan fingerprint density at radius 1 is 1.32 bits per heavy atom. The van der Waals surface area contributed by atoms with Crippen LogP contribution in [0.4, 0.5) is 0 Å². The van der Waals surface area contributed by atoms with Gasteiger partial charge in [0.25, 0.3) is 0 Å². The van der Waals surface area contributed by atoms with Crippen LogP contribution in [-0.4, -0.2) is 23.9 Å². The summed E-state index contributed by atoms with van der Waals surface area (Å²) in [6.45, 7) is 2.91. The van der Waals surface area contributed by atoms with E-state index in [0.29, 0.717) is 5.02 Å². The van der Waals surface area contributed by atoms with Crippen molar-refractivity contribution in [1.82, 2.24) is 0 Å². The summed E-state index contributed by atoms with van der Waals surface area (Å²) in [6, 6.07) is 7.72. The number of rotatable bonds is 2. The van der Waals surface area contributed by atoms with Crippen molar-refractivity contribution in [3.8, 4) is 0 Å². The highest BCUT2D eigenvalue weighted by Crippen LogP contribution is 2.54. The lowest BCUT2D eigenvalue weighted by molar-refractivity contribution is -0.268. The Morgan fingerprint density at radius 2 is 2.11 bits per heavy atom. The quantitative estimate of drug-likeness (QED) is 0.777. The molecule has 3 unspecified atom stereocenters. The van der Waals surface area contributed by atoms with Crippen molar-refractivity contribution in [2.24, 2.45) is 0 Å². The maximum Gasteiger partial charge on any atom is 0.184 e. The van der Waals surface area contributed by atoms with Crippen LogP contribution in [0.5, 0.6) is 0 Å². The zero-order chi connectivity index (χ0) is 13.1. The molecule has 3 fully saturated rings. The lowest BCUT2D eigenvalue weighted by Gasteiger charge is -2.38. The molecule has 4 rings (SSSR count). The molecule has 0 bridgehead atoms. The Balaban J connectivity index is 1.61. The van der Waals surface area contributed by atoms with Crippen molar-refractivity contribution in [3.05, 3.63) is 34.9 Å². The second-order valence-corrected chi connectivity index (χ2v) is 6.55. The molecule has 3 atom stereocenters. The molecule has 102 valence electrons. The smallest absolute Gasteiger partial charge is 0.184 e. The van der Waals surface area contributed by atoms with Crippen LogP contribution >= 0.6 is 11.6 Å². The fourth-order valence-corrected chi connectivity index (χ4v) is 2.96. The van der Waals surface area contributed by atoms with Crippen molar-refractivity contribution in [2.45, 2.75) is 49.8 Å². The zero-order valence-electron chi connectivity index (χ0n) is 10.9. The van der Waals surface area contributed by atoms with Gasteiger partial charge >= 0.3 is 0 Å². The molecular weight excluding hydrogens is 264 g/mol. The molecule has 0 N–H and O–H groups in total. The van der Waals surface area contributed by atoms with Crippen LogP contribution in [0.3, 0.4) is 0 Å². The van der Waals surface area contributed by atoms with Crippen LogP contribution in [0, 0.1) is 0 Å². The first kappa shape index (κ1) is 12.2. The minimum atomic E-state index is -0.319. The molecule has 2 saturated heterocycles. The van der Waals surface area contributed by atoms with E-state index in [1.165, 1.54) is 0 Å². The molecule has 0 amide bonds. The highest BCUT2D eigenvalue weighted by molar-refractivity contribution is 6.30. The van der Waals surface area contributed by atoms with Gasteiger partial charge in [0.05, 0.1) is 18.3 Å². The number of hydrogen-bond acceptors (Lipinski definition) is 3. The molecular formula is C15H17ClO3. The van der Waals surface area contributed by atoms with Crippen LogP contribution in [0.15, 0.2) is 24.3 Å². The van der Waals surface area contributed by atoms with E-state index in [-0.39, 0.29) is 23.6 Å². The third-order valence-corrected chi connectivity index (χ3v) is 4.65. The maximum atomic E-state index is 6.14. The van der Waals surface area contributed by atoms with Crippen LogP contribution in [-0.2, 0) is 14.2 Å². The predicted octanol–water partition coefficient (Wildman–Crippen LogP) is 3.47.